The lowest BCUT2D eigenvalue weighted by atomic mass is 9.46. The number of hydrogen-bond donors (Lipinski definition) is 4. The number of fused-ring (bicyclic) bond motifs is 3. The van der Waals surface area contributed by atoms with Gasteiger partial charge in [0.2, 0.25) is 0 Å². The van der Waals surface area contributed by atoms with Crippen LogP contribution in [0, 0.1) is 11.3 Å². The van der Waals surface area contributed by atoms with Crippen LogP contribution in [0.15, 0.2) is 12.1 Å². The molecule has 2 aliphatic carbocycles. The third-order valence-electron chi connectivity index (χ3n) is 7.38. The molecule has 2 aliphatic rings. The summed E-state index contributed by atoms with van der Waals surface area (Å²) in [5.41, 5.74) is -1.56. The molecule has 3 rings (SSSR count). The Bertz CT molecular complexity index is 896. The highest BCUT2D eigenvalue weighted by Crippen LogP contribution is 2.62. The Labute approximate surface area is 181 Å². The molecule has 172 valence electrons. The van der Waals surface area contributed by atoms with Crippen LogP contribution in [0.4, 0.5) is 0 Å². The van der Waals surface area contributed by atoms with Crippen molar-refractivity contribution in [3.8, 4) is 5.75 Å². The number of hydrogen-bond acceptors (Lipinski definition) is 8. The SMILES string of the molecule is COC(=O)[C@]1(C)[C@@H](O)C[C@@H](O)[C@@]2(C)c3c(O)cc(C(C)C)cc3[C@@H](O)[C@@H](OC(C)=O)[C@@H]12. The summed E-state index contributed by atoms with van der Waals surface area (Å²) in [6, 6.07) is 3.31. The first-order valence-corrected chi connectivity index (χ1v) is 10.5. The molecule has 0 aliphatic heterocycles. The molecule has 1 saturated carbocycles. The number of carbonyl (C=O) groups is 2. The summed E-state index contributed by atoms with van der Waals surface area (Å²) in [5.74, 6) is -2.60. The molecule has 1 fully saturated rings. The van der Waals surface area contributed by atoms with Crippen molar-refractivity contribution < 1.29 is 39.5 Å². The number of carbonyl (C=O) groups excluding carboxylic acids is 2. The van der Waals surface area contributed by atoms with Gasteiger partial charge in [-0.15, -0.1) is 0 Å². The van der Waals surface area contributed by atoms with E-state index in [1.54, 1.807) is 19.1 Å². The van der Waals surface area contributed by atoms with Crippen LogP contribution in [-0.4, -0.2) is 57.8 Å². The van der Waals surface area contributed by atoms with Crippen molar-refractivity contribution in [1.82, 2.24) is 0 Å². The molecule has 7 atom stereocenters. The van der Waals surface area contributed by atoms with E-state index in [0.717, 1.165) is 5.56 Å². The summed E-state index contributed by atoms with van der Waals surface area (Å²) in [6.45, 7) is 8.19. The number of methoxy groups -OCH3 is 1. The van der Waals surface area contributed by atoms with Crippen LogP contribution in [0.2, 0.25) is 0 Å². The monoisotopic (exact) mass is 436 g/mol. The normalized spacial score (nSPS) is 37.0. The molecule has 1 aromatic carbocycles. The maximum atomic E-state index is 12.9. The molecule has 0 unspecified atom stereocenters. The number of benzene rings is 1. The Balaban J connectivity index is 2.39. The third kappa shape index (κ3) is 3.23. The minimum atomic E-state index is -1.62. The molecule has 0 radical (unpaired) electrons. The quantitative estimate of drug-likeness (QED) is 0.526. The first-order chi connectivity index (χ1) is 14.3. The predicted molar refractivity (Wildman–Crippen MR) is 110 cm³/mol. The van der Waals surface area contributed by atoms with Crippen LogP contribution in [0.3, 0.4) is 0 Å². The van der Waals surface area contributed by atoms with Gasteiger partial charge in [-0.05, 0) is 30.0 Å². The lowest BCUT2D eigenvalue weighted by Crippen LogP contribution is -2.69. The number of phenolic OH excluding ortho intramolecular Hbond substituents is 1. The maximum Gasteiger partial charge on any atom is 0.314 e. The fraction of sp³-hybridized carbons (Fsp3) is 0.652. The van der Waals surface area contributed by atoms with Gasteiger partial charge in [-0.25, -0.2) is 0 Å². The predicted octanol–water partition coefficient (Wildman–Crippen LogP) is 1.67. The van der Waals surface area contributed by atoms with E-state index in [1.807, 2.05) is 13.8 Å². The molecule has 31 heavy (non-hydrogen) atoms. The number of rotatable bonds is 3. The van der Waals surface area contributed by atoms with Crippen molar-refractivity contribution in [3.05, 3.63) is 28.8 Å². The Morgan fingerprint density at radius 2 is 1.74 bits per heavy atom. The van der Waals surface area contributed by atoms with Gasteiger partial charge in [0.15, 0.2) is 0 Å². The van der Waals surface area contributed by atoms with Crippen LogP contribution >= 0.6 is 0 Å². The van der Waals surface area contributed by atoms with E-state index >= 15 is 0 Å². The zero-order valence-electron chi connectivity index (χ0n) is 18.7. The minimum Gasteiger partial charge on any atom is -0.508 e. The summed E-state index contributed by atoms with van der Waals surface area (Å²) < 4.78 is 10.5. The highest BCUT2D eigenvalue weighted by atomic mass is 16.6. The molecule has 4 N–H and O–H groups in total. The van der Waals surface area contributed by atoms with E-state index in [-0.39, 0.29) is 23.7 Å². The zero-order valence-corrected chi connectivity index (χ0v) is 18.7. The van der Waals surface area contributed by atoms with E-state index < -0.39 is 53.1 Å². The Kier molecular flexibility index (Phi) is 5.88. The molecule has 8 heteroatoms. The fourth-order valence-electron chi connectivity index (χ4n) is 5.73. The largest absolute Gasteiger partial charge is 0.508 e. The Morgan fingerprint density at radius 1 is 1.13 bits per heavy atom. The molecular formula is C23H32O8. The lowest BCUT2D eigenvalue weighted by Gasteiger charge is -2.60. The van der Waals surface area contributed by atoms with E-state index in [0.29, 0.717) is 5.56 Å². The maximum absolute atomic E-state index is 12.9. The molecule has 0 heterocycles. The second kappa shape index (κ2) is 7.76. The lowest BCUT2D eigenvalue weighted by molar-refractivity contribution is -0.219. The van der Waals surface area contributed by atoms with E-state index in [9.17, 15) is 30.0 Å². The van der Waals surface area contributed by atoms with Crippen molar-refractivity contribution >= 4 is 11.9 Å². The average molecular weight is 437 g/mol. The van der Waals surface area contributed by atoms with Gasteiger partial charge in [0.25, 0.3) is 0 Å². The molecule has 0 bridgehead atoms. The van der Waals surface area contributed by atoms with Crippen LogP contribution in [0.5, 0.6) is 5.75 Å². The number of aliphatic hydroxyl groups is 3. The summed E-state index contributed by atoms with van der Waals surface area (Å²) in [7, 11) is 1.18. The number of ether oxygens (including phenoxy) is 2. The first kappa shape index (κ1) is 23.5. The van der Waals surface area contributed by atoms with Crippen molar-refractivity contribution in [2.24, 2.45) is 11.3 Å². The number of esters is 2. The van der Waals surface area contributed by atoms with Gasteiger partial charge in [0.1, 0.15) is 18.0 Å². The van der Waals surface area contributed by atoms with Gasteiger partial charge >= 0.3 is 11.9 Å². The number of aromatic hydroxyl groups is 1. The van der Waals surface area contributed by atoms with Gasteiger partial charge in [-0.2, -0.15) is 0 Å². The second-order valence-electron chi connectivity index (χ2n) is 9.48. The molecule has 8 nitrogen and oxygen atoms in total. The Morgan fingerprint density at radius 3 is 2.26 bits per heavy atom. The van der Waals surface area contributed by atoms with E-state index in [4.69, 9.17) is 9.47 Å². The van der Waals surface area contributed by atoms with Crippen LogP contribution in [-0.2, 0) is 24.5 Å². The van der Waals surface area contributed by atoms with E-state index in [2.05, 4.69) is 0 Å². The molecular weight excluding hydrogens is 404 g/mol. The number of phenols is 1. The first-order valence-electron chi connectivity index (χ1n) is 10.5. The third-order valence-corrected chi connectivity index (χ3v) is 7.38. The molecule has 0 saturated heterocycles. The number of aliphatic hydroxyl groups excluding tert-OH is 3. The second-order valence-corrected chi connectivity index (χ2v) is 9.48. The summed E-state index contributed by atoms with van der Waals surface area (Å²) in [6.07, 6.45) is -5.32. The van der Waals surface area contributed by atoms with Gasteiger partial charge in [-0.3, -0.25) is 9.59 Å². The van der Waals surface area contributed by atoms with Crippen molar-refractivity contribution in [1.29, 1.82) is 0 Å². The van der Waals surface area contributed by atoms with Gasteiger partial charge in [-0.1, -0.05) is 26.8 Å². The van der Waals surface area contributed by atoms with Crippen LogP contribution < -0.4 is 0 Å². The van der Waals surface area contributed by atoms with Crippen molar-refractivity contribution in [3.63, 3.8) is 0 Å². The highest BCUT2D eigenvalue weighted by molar-refractivity contribution is 5.79. The van der Waals surface area contributed by atoms with E-state index in [1.165, 1.54) is 21.0 Å². The van der Waals surface area contributed by atoms with Gasteiger partial charge in [0.05, 0.1) is 24.7 Å². The summed E-state index contributed by atoms with van der Waals surface area (Å²) in [4.78, 5) is 24.9. The molecule has 0 spiro atoms. The standard InChI is InChI=1S/C23H32O8/c1-10(2)12-7-13-17(14(25)8-12)22(4)15(26)9-16(27)23(5,21(29)30-6)20(22)19(18(13)28)31-11(3)24/h7-8,10,15-16,18-20,25-28H,9H2,1-6H3/t15-,16+,18-,19-,20-,22+,23-/m1/s1. The van der Waals surface area contributed by atoms with Crippen molar-refractivity contribution in [2.45, 2.75) is 76.8 Å². The Hall–Kier alpha value is -2.16. The fourth-order valence-corrected chi connectivity index (χ4v) is 5.73. The molecule has 0 amide bonds. The van der Waals surface area contributed by atoms with Crippen LogP contribution in [0.1, 0.15) is 69.8 Å². The van der Waals surface area contributed by atoms with Gasteiger partial charge < -0.3 is 29.9 Å². The minimum absolute atomic E-state index is 0.0412. The molecule has 0 aromatic heterocycles. The average Bonchev–Trinajstić information content (AvgIpc) is 2.68. The zero-order chi connectivity index (χ0) is 23.5. The highest BCUT2D eigenvalue weighted by Gasteiger charge is 2.69. The smallest absolute Gasteiger partial charge is 0.314 e. The summed E-state index contributed by atoms with van der Waals surface area (Å²) >= 11 is 0. The van der Waals surface area contributed by atoms with Crippen molar-refractivity contribution in [2.75, 3.05) is 7.11 Å². The van der Waals surface area contributed by atoms with Crippen LogP contribution in [0.25, 0.3) is 0 Å². The topological polar surface area (TPSA) is 134 Å². The van der Waals surface area contributed by atoms with Gasteiger partial charge in [0, 0.05) is 30.2 Å². The summed E-state index contributed by atoms with van der Waals surface area (Å²) in [5, 5.41) is 44.4. The molecule has 1 aromatic rings.